The van der Waals surface area contributed by atoms with Crippen LogP contribution in [0.15, 0.2) is 24.3 Å². The van der Waals surface area contributed by atoms with Crippen molar-refractivity contribution in [2.24, 2.45) is 0 Å². The minimum atomic E-state index is 0.204. The number of methoxy groups -OCH3 is 1. The SMILES string of the molecule is COC1(CCc2ccc(CCCO)cc2)CC1. The fraction of sp³-hybridized carbons (Fsp3) is 0.600. The molecule has 1 fully saturated rings. The quantitative estimate of drug-likeness (QED) is 0.786. The topological polar surface area (TPSA) is 29.5 Å². The Morgan fingerprint density at radius 2 is 1.71 bits per heavy atom. The summed E-state index contributed by atoms with van der Waals surface area (Å²) in [4.78, 5) is 0. The molecule has 94 valence electrons. The predicted octanol–water partition coefficient (Wildman–Crippen LogP) is 2.72. The van der Waals surface area contributed by atoms with Gasteiger partial charge in [-0.2, -0.15) is 0 Å². The molecular weight excluding hydrogens is 212 g/mol. The summed E-state index contributed by atoms with van der Waals surface area (Å²) in [5.41, 5.74) is 2.91. The first-order chi connectivity index (χ1) is 8.28. The van der Waals surface area contributed by atoms with E-state index in [1.165, 1.54) is 24.0 Å². The first-order valence-electron chi connectivity index (χ1n) is 6.52. The van der Waals surface area contributed by atoms with Gasteiger partial charge in [0, 0.05) is 13.7 Å². The van der Waals surface area contributed by atoms with Crippen molar-refractivity contribution in [1.82, 2.24) is 0 Å². The molecule has 0 saturated heterocycles. The van der Waals surface area contributed by atoms with Crippen LogP contribution in [-0.2, 0) is 17.6 Å². The zero-order chi connectivity index (χ0) is 12.1. The van der Waals surface area contributed by atoms with Crippen LogP contribution in [0.3, 0.4) is 0 Å². The normalized spacial score (nSPS) is 17.1. The number of benzene rings is 1. The van der Waals surface area contributed by atoms with E-state index in [9.17, 15) is 0 Å². The second-order valence-electron chi connectivity index (χ2n) is 5.03. The molecule has 1 aromatic carbocycles. The molecule has 2 heteroatoms. The van der Waals surface area contributed by atoms with Crippen LogP contribution in [0.1, 0.15) is 36.8 Å². The Morgan fingerprint density at radius 1 is 1.12 bits per heavy atom. The maximum atomic E-state index is 8.78. The Hall–Kier alpha value is -0.860. The number of rotatable bonds is 7. The summed E-state index contributed by atoms with van der Waals surface area (Å²) in [6.07, 6.45) is 6.51. The van der Waals surface area contributed by atoms with Crippen molar-refractivity contribution in [1.29, 1.82) is 0 Å². The lowest BCUT2D eigenvalue weighted by Gasteiger charge is -2.12. The molecule has 1 N–H and O–H groups in total. The van der Waals surface area contributed by atoms with Crippen LogP contribution >= 0.6 is 0 Å². The van der Waals surface area contributed by atoms with Crippen LogP contribution in [-0.4, -0.2) is 24.4 Å². The lowest BCUT2D eigenvalue weighted by atomic mass is 10.0. The van der Waals surface area contributed by atoms with Gasteiger partial charge in [0.1, 0.15) is 0 Å². The monoisotopic (exact) mass is 234 g/mol. The average Bonchev–Trinajstić information content (AvgIpc) is 3.16. The van der Waals surface area contributed by atoms with Gasteiger partial charge in [0.2, 0.25) is 0 Å². The number of hydrogen-bond donors (Lipinski definition) is 1. The van der Waals surface area contributed by atoms with Crippen molar-refractivity contribution in [2.75, 3.05) is 13.7 Å². The first-order valence-corrected chi connectivity index (χ1v) is 6.52. The van der Waals surface area contributed by atoms with E-state index in [1.807, 2.05) is 7.11 Å². The van der Waals surface area contributed by atoms with E-state index in [2.05, 4.69) is 24.3 Å². The Kier molecular flexibility index (Phi) is 4.19. The molecule has 0 aromatic heterocycles. The summed E-state index contributed by atoms with van der Waals surface area (Å²) in [6.45, 7) is 0.276. The summed E-state index contributed by atoms with van der Waals surface area (Å²) >= 11 is 0. The molecule has 1 aliphatic rings. The van der Waals surface area contributed by atoms with Gasteiger partial charge in [-0.25, -0.2) is 0 Å². The predicted molar refractivity (Wildman–Crippen MR) is 69.1 cm³/mol. The minimum Gasteiger partial charge on any atom is -0.396 e. The van der Waals surface area contributed by atoms with Gasteiger partial charge in [-0.05, 0) is 49.7 Å². The van der Waals surface area contributed by atoms with Crippen molar-refractivity contribution in [2.45, 2.75) is 44.1 Å². The van der Waals surface area contributed by atoms with Crippen LogP contribution < -0.4 is 0 Å². The molecule has 1 aliphatic carbocycles. The maximum absolute atomic E-state index is 8.78. The van der Waals surface area contributed by atoms with E-state index >= 15 is 0 Å². The molecule has 0 aliphatic heterocycles. The number of aryl methyl sites for hydroxylation is 2. The van der Waals surface area contributed by atoms with E-state index in [4.69, 9.17) is 9.84 Å². The number of ether oxygens (including phenoxy) is 1. The van der Waals surface area contributed by atoms with Gasteiger partial charge < -0.3 is 9.84 Å². The molecular formula is C15H22O2. The van der Waals surface area contributed by atoms with Crippen molar-refractivity contribution in [3.8, 4) is 0 Å². The van der Waals surface area contributed by atoms with E-state index in [-0.39, 0.29) is 12.2 Å². The Balaban J connectivity index is 1.81. The molecule has 0 atom stereocenters. The minimum absolute atomic E-state index is 0.204. The zero-order valence-corrected chi connectivity index (χ0v) is 10.6. The van der Waals surface area contributed by atoms with E-state index in [0.717, 1.165) is 25.7 Å². The molecule has 17 heavy (non-hydrogen) atoms. The van der Waals surface area contributed by atoms with Crippen LogP contribution in [0, 0.1) is 0 Å². The van der Waals surface area contributed by atoms with Crippen LogP contribution in [0.25, 0.3) is 0 Å². The summed E-state index contributed by atoms with van der Waals surface area (Å²) in [7, 11) is 1.82. The molecule has 0 amide bonds. The second-order valence-corrected chi connectivity index (χ2v) is 5.03. The molecule has 0 heterocycles. The molecule has 2 rings (SSSR count). The lowest BCUT2D eigenvalue weighted by molar-refractivity contribution is 0.0731. The Morgan fingerprint density at radius 3 is 2.18 bits per heavy atom. The summed E-state index contributed by atoms with van der Waals surface area (Å²) in [5.74, 6) is 0. The zero-order valence-electron chi connectivity index (χ0n) is 10.6. The van der Waals surface area contributed by atoms with Crippen molar-refractivity contribution >= 4 is 0 Å². The molecule has 1 saturated carbocycles. The van der Waals surface area contributed by atoms with Gasteiger partial charge in [-0.1, -0.05) is 24.3 Å². The van der Waals surface area contributed by atoms with Gasteiger partial charge in [0.25, 0.3) is 0 Å². The highest BCUT2D eigenvalue weighted by Gasteiger charge is 2.42. The van der Waals surface area contributed by atoms with Crippen molar-refractivity contribution < 1.29 is 9.84 Å². The van der Waals surface area contributed by atoms with Crippen molar-refractivity contribution in [3.63, 3.8) is 0 Å². The molecule has 0 radical (unpaired) electrons. The van der Waals surface area contributed by atoms with Crippen LogP contribution in [0.4, 0.5) is 0 Å². The third-order valence-corrected chi connectivity index (χ3v) is 3.76. The summed E-state index contributed by atoms with van der Waals surface area (Å²) < 4.78 is 5.52. The Bertz CT molecular complexity index is 338. The number of aliphatic hydroxyl groups excluding tert-OH is 1. The standard InChI is InChI=1S/C15H22O2/c1-17-15(10-11-15)9-8-14-6-4-13(5-7-14)3-2-12-16/h4-7,16H,2-3,8-12H2,1H3. The Labute approximate surface area is 104 Å². The molecule has 2 nitrogen and oxygen atoms in total. The highest BCUT2D eigenvalue weighted by molar-refractivity contribution is 5.23. The number of aliphatic hydroxyl groups is 1. The second kappa shape index (κ2) is 5.65. The highest BCUT2D eigenvalue weighted by atomic mass is 16.5. The van der Waals surface area contributed by atoms with E-state index in [0.29, 0.717) is 0 Å². The van der Waals surface area contributed by atoms with Gasteiger partial charge in [0.15, 0.2) is 0 Å². The highest BCUT2D eigenvalue weighted by Crippen LogP contribution is 2.42. The van der Waals surface area contributed by atoms with Gasteiger partial charge in [-0.3, -0.25) is 0 Å². The van der Waals surface area contributed by atoms with Gasteiger partial charge in [-0.15, -0.1) is 0 Å². The molecule has 1 aromatic rings. The van der Waals surface area contributed by atoms with Crippen LogP contribution in [0.2, 0.25) is 0 Å². The average molecular weight is 234 g/mol. The largest absolute Gasteiger partial charge is 0.396 e. The third kappa shape index (κ3) is 3.55. The summed E-state index contributed by atoms with van der Waals surface area (Å²) in [5, 5.41) is 8.78. The van der Waals surface area contributed by atoms with E-state index in [1.54, 1.807) is 0 Å². The number of hydrogen-bond acceptors (Lipinski definition) is 2. The fourth-order valence-corrected chi connectivity index (χ4v) is 2.22. The van der Waals surface area contributed by atoms with Gasteiger partial charge >= 0.3 is 0 Å². The molecule has 0 spiro atoms. The fourth-order valence-electron chi connectivity index (χ4n) is 2.22. The molecule has 0 unspecified atom stereocenters. The van der Waals surface area contributed by atoms with Gasteiger partial charge in [0.05, 0.1) is 5.60 Å². The van der Waals surface area contributed by atoms with Crippen LogP contribution in [0.5, 0.6) is 0 Å². The summed E-state index contributed by atoms with van der Waals surface area (Å²) in [6, 6.07) is 8.77. The third-order valence-electron chi connectivity index (χ3n) is 3.76. The van der Waals surface area contributed by atoms with E-state index < -0.39 is 0 Å². The maximum Gasteiger partial charge on any atom is 0.0684 e. The smallest absolute Gasteiger partial charge is 0.0684 e. The molecule has 0 bridgehead atoms. The lowest BCUT2D eigenvalue weighted by Crippen LogP contribution is -2.12. The van der Waals surface area contributed by atoms with Crippen molar-refractivity contribution in [3.05, 3.63) is 35.4 Å². The first kappa shape index (κ1) is 12.6.